The zero-order valence-corrected chi connectivity index (χ0v) is 10.9. The lowest BCUT2D eigenvalue weighted by atomic mass is 9.84. The normalized spacial score (nSPS) is 28.2. The van der Waals surface area contributed by atoms with Gasteiger partial charge in [-0.2, -0.15) is 0 Å². The van der Waals surface area contributed by atoms with Gasteiger partial charge in [-0.05, 0) is 20.0 Å². The molecule has 2 aliphatic rings. The zero-order valence-electron chi connectivity index (χ0n) is 10.1. The van der Waals surface area contributed by atoms with Gasteiger partial charge in [0.2, 0.25) is 0 Å². The molecule has 1 aromatic heterocycles. The average Bonchev–Trinajstić information content (AvgIpc) is 2.86. The zero-order chi connectivity index (χ0) is 11.9. The summed E-state index contributed by atoms with van der Waals surface area (Å²) in [4.78, 5) is 7.09. The van der Waals surface area contributed by atoms with Crippen molar-refractivity contribution in [2.75, 3.05) is 40.0 Å². The Labute approximate surface area is 105 Å². The van der Waals surface area contributed by atoms with Crippen LogP contribution in [0.4, 0.5) is 0 Å². The molecule has 0 amide bonds. The first kappa shape index (κ1) is 11.6. The van der Waals surface area contributed by atoms with Crippen LogP contribution in [0.25, 0.3) is 0 Å². The standard InChI is InChI=1S/C12H18N2O2S/c1-14-3-2-9(4-14)11-13-10(5-17-11)12(6-15)7-16-8-12/h5,9,15H,2-4,6-8H2,1H3. The van der Waals surface area contributed by atoms with Crippen LogP contribution in [-0.2, 0) is 10.2 Å². The molecule has 17 heavy (non-hydrogen) atoms. The van der Waals surface area contributed by atoms with Crippen molar-refractivity contribution in [3.05, 3.63) is 16.1 Å². The number of aliphatic hydroxyl groups excluding tert-OH is 1. The third-order valence-corrected chi connectivity index (χ3v) is 4.87. The van der Waals surface area contributed by atoms with Crippen molar-refractivity contribution in [2.24, 2.45) is 0 Å². The van der Waals surface area contributed by atoms with Gasteiger partial charge < -0.3 is 14.7 Å². The lowest BCUT2D eigenvalue weighted by Gasteiger charge is -2.38. The smallest absolute Gasteiger partial charge is 0.0972 e. The van der Waals surface area contributed by atoms with E-state index < -0.39 is 0 Å². The lowest BCUT2D eigenvalue weighted by molar-refractivity contribution is -0.0860. The van der Waals surface area contributed by atoms with Crippen molar-refractivity contribution >= 4 is 11.3 Å². The molecule has 0 spiro atoms. The minimum absolute atomic E-state index is 0.140. The van der Waals surface area contributed by atoms with Gasteiger partial charge in [-0.15, -0.1) is 11.3 Å². The van der Waals surface area contributed by atoms with Crippen molar-refractivity contribution in [3.8, 4) is 0 Å². The van der Waals surface area contributed by atoms with E-state index in [4.69, 9.17) is 9.72 Å². The molecule has 3 heterocycles. The first-order valence-corrected chi connectivity index (χ1v) is 6.94. The maximum atomic E-state index is 9.48. The molecule has 1 N–H and O–H groups in total. The van der Waals surface area contributed by atoms with Gasteiger partial charge in [0, 0.05) is 17.8 Å². The Morgan fingerprint density at radius 1 is 1.65 bits per heavy atom. The van der Waals surface area contributed by atoms with Crippen LogP contribution < -0.4 is 0 Å². The first-order chi connectivity index (χ1) is 8.23. The van der Waals surface area contributed by atoms with Crippen LogP contribution in [-0.4, -0.2) is 54.9 Å². The van der Waals surface area contributed by atoms with Crippen LogP contribution in [0.2, 0.25) is 0 Å². The van der Waals surface area contributed by atoms with E-state index in [2.05, 4.69) is 17.3 Å². The number of likely N-dealkylation sites (tertiary alicyclic amines) is 1. The number of aromatic nitrogens is 1. The van der Waals surface area contributed by atoms with Crippen LogP contribution in [0.1, 0.15) is 23.0 Å². The molecule has 4 nitrogen and oxygen atoms in total. The number of thiazole rings is 1. The predicted molar refractivity (Wildman–Crippen MR) is 66.6 cm³/mol. The molecule has 0 aliphatic carbocycles. The van der Waals surface area contributed by atoms with Crippen molar-refractivity contribution in [2.45, 2.75) is 17.8 Å². The van der Waals surface area contributed by atoms with Crippen LogP contribution in [0.15, 0.2) is 5.38 Å². The van der Waals surface area contributed by atoms with Crippen molar-refractivity contribution < 1.29 is 9.84 Å². The average molecular weight is 254 g/mol. The highest BCUT2D eigenvalue weighted by Crippen LogP contribution is 2.36. The number of nitrogens with zero attached hydrogens (tertiary/aromatic N) is 2. The Hall–Kier alpha value is -0.490. The number of hydrogen-bond acceptors (Lipinski definition) is 5. The summed E-state index contributed by atoms with van der Waals surface area (Å²) in [6.45, 7) is 3.62. The van der Waals surface area contributed by atoms with Crippen LogP contribution >= 0.6 is 11.3 Å². The van der Waals surface area contributed by atoms with Crippen molar-refractivity contribution in [1.29, 1.82) is 0 Å². The van der Waals surface area contributed by atoms with E-state index in [-0.39, 0.29) is 12.0 Å². The van der Waals surface area contributed by atoms with E-state index in [1.165, 1.54) is 11.4 Å². The minimum atomic E-state index is -0.209. The fraction of sp³-hybridized carbons (Fsp3) is 0.750. The Kier molecular flexibility index (Phi) is 2.94. The number of ether oxygens (including phenoxy) is 1. The van der Waals surface area contributed by atoms with Gasteiger partial charge in [0.05, 0.1) is 35.9 Å². The summed E-state index contributed by atoms with van der Waals surface area (Å²) in [7, 11) is 2.16. The molecule has 1 aromatic rings. The van der Waals surface area contributed by atoms with Crippen LogP contribution in [0, 0.1) is 0 Å². The SMILES string of the molecule is CN1CCC(c2nc(C3(CO)COC3)cs2)C1. The first-order valence-electron chi connectivity index (χ1n) is 6.06. The van der Waals surface area contributed by atoms with Gasteiger partial charge in [0.1, 0.15) is 0 Å². The Morgan fingerprint density at radius 3 is 3.00 bits per heavy atom. The van der Waals surface area contributed by atoms with Gasteiger partial charge in [-0.1, -0.05) is 0 Å². The minimum Gasteiger partial charge on any atom is -0.395 e. The molecule has 3 rings (SSSR count). The van der Waals surface area contributed by atoms with E-state index in [9.17, 15) is 5.11 Å². The van der Waals surface area contributed by atoms with Crippen LogP contribution in [0.5, 0.6) is 0 Å². The quantitative estimate of drug-likeness (QED) is 0.867. The number of rotatable bonds is 3. The molecule has 0 saturated carbocycles. The molecule has 1 unspecified atom stereocenters. The van der Waals surface area contributed by atoms with Gasteiger partial charge in [-0.3, -0.25) is 0 Å². The summed E-state index contributed by atoms with van der Waals surface area (Å²) in [5.41, 5.74) is 0.819. The van der Waals surface area contributed by atoms with E-state index in [0.29, 0.717) is 19.1 Å². The second-order valence-electron chi connectivity index (χ2n) is 5.25. The highest BCUT2D eigenvalue weighted by Gasteiger charge is 2.42. The second-order valence-corrected chi connectivity index (χ2v) is 6.14. The summed E-state index contributed by atoms with van der Waals surface area (Å²) < 4.78 is 5.23. The number of likely N-dealkylation sites (N-methyl/N-ethyl adjacent to an activating group) is 1. The van der Waals surface area contributed by atoms with Crippen molar-refractivity contribution in [3.63, 3.8) is 0 Å². The molecule has 0 radical (unpaired) electrons. The van der Waals surface area contributed by atoms with Gasteiger partial charge in [0.15, 0.2) is 0 Å². The second kappa shape index (κ2) is 4.31. The molecule has 2 fully saturated rings. The molecule has 0 bridgehead atoms. The number of aliphatic hydroxyl groups is 1. The molecule has 1 atom stereocenters. The summed E-state index contributed by atoms with van der Waals surface area (Å²) in [6.07, 6.45) is 1.20. The largest absolute Gasteiger partial charge is 0.395 e. The van der Waals surface area contributed by atoms with E-state index in [1.54, 1.807) is 11.3 Å². The summed E-state index contributed by atoms with van der Waals surface area (Å²) in [5.74, 6) is 0.579. The molecule has 0 aromatic carbocycles. The van der Waals surface area contributed by atoms with Gasteiger partial charge >= 0.3 is 0 Å². The van der Waals surface area contributed by atoms with Crippen LogP contribution in [0.3, 0.4) is 0 Å². The molecule has 94 valence electrons. The molecular weight excluding hydrogens is 236 g/mol. The van der Waals surface area contributed by atoms with Gasteiger partial charge in [-0.25, -0.2) is 4.98 Å². The molecular formula is C12H18N2O2S. The lowest BCUT2D eigenvalue weighted by Crippen LogP contribution is -2.50. The third-order valence-electron chi connectivity index (χ3n) is 3.87. The maximum absolute atomic E-state index is 9.48. The number of hydrogen-bond donors (Lipinski definition) is 1. The third kappa shape index (κ3) is 1.91. The fourth-order valence-corrected chi connectivity index (χ4v) is 3.59. The Morgan fingerprint density at radius 2 is 2.47 bits per heavy atom. The fourth-order valence-electron chi connectivity index (χ4n) is 2.52. The summed E-state index contributed by atoms with van der Waals surface area (Å²) in [5, 5.41) is 12.8. The molecule has 2 saturated heterocycles. The van der Waals surface area contributed by atoms with Crippen molar-refractivity contribution in [1.82, 2.24) is 9.88 Å². The highest BCUT2D eigenvalue weighted by atomic mass is 32.1. The molecule has 5 heteroatoms. The summed E-state index contributed by atoms with van der Waals surface area (Å²) in [6, 6.07) is 0. The molecule has 2 aliphatic heterocycles. The van der Waals surface area contributed by atoms with E-state index in [1.807, 2.05) is 0 Å². The topological polar surface area (TPSA) is 45.6 Å². The van der Waals surface area contributed by atoms with E-state index in [0.717, 1.165) is 18.8 Å². The van der Waals surface area contributed by atoms with E-state index >= 15 is 0 Å². The predicted octanol–water partition coefficient (Wildman–Crippen LogP) is 0.823. The highest BCUT2D eigenvalue weighted by molar-refractivity contribution is 7.09. The van der Waals surface area contributed by atoms with Gasteiger partial charge in [0.25, 0.3) is 0 Å². The Bertz CT molecular complexity index is 397. The summed E-state index contributed by atoms with van der Waals surface area (Å²) >= 11 is 1.74. The Balaban J connectivity index is 1.78. The maximum Gasteiger partial charge on any atom is 0.0972 e. The monoisotopic (exact) mass is 254 g/mol.